The lowest BCUT2D eigenvalue weighted by Crippen LogP contribution is -2.37. The van der Waals surface area contributed by atoms with Crippen molar-refractivity contribution in [1.29, 1.82) is 0 Å². The maximum Gasteiger partial charge on any atom is 0.206 e. The van der Waals surface area contributed by atoms with Gasteiger partial charge in [-0.05, 0) is 66.7 Å². The Labute approximate surface area is 229 Å². The van der Waals surface area contributed by atoms with Crippen molar-refractivity contribution in [3.8, 4) is 11.3 Å². The molecular formula is C29H26N4O4S2. The van der Waals surface area contributed by atoms with Crippen LogP contribution in [-0.4, -0.2) is 52.1 Å². The maximum atomic E-state index is 12.9. The monoisotopic (exact) mass is 558 g/mol. The molecule has 0 bridgehead atoms. The highest BCUT2D eigenvalue weighted by Crippen LogP contribution is 2.30. The normalized spacial score (nSPS) is 15.0. The van der Waals surface area contributed by atoms with Gasteiger partial charge in [0.15, 0.2) is 0 Å². The standard InChI is InChI=1S/C29H26N4O4S2/c34-38-16-14-33(15-17-38)19-23-9-13-28(37-23)21-6-12-27-26(18-21)29(31-20-30-27)32-22-7-10-25(11-8-22)39(35,36)24-4-2-1-3-5-24/h1-13,18,20H,14-17,19H2,(H,30,31,32). The summed E-state index contributed by atoms with van der Waals surface area (Å²) >= 11 is 0. The first-order chi connectivity index (χ1) is 19.0. The molecule has 8 nitrogen and oxygen atoms in total. The highest BCUT2D eigenvalue weighted by Gasteiger charge is 2.18. The van der Waals surface area contributed by atoms with Gasteiger partial charge in [0, 0.05) is 52.0 Å². The summed E-state index contributed by atoms with van der Waals surface area (Å²) in [6.07, 6.45) is 1.50. The second-order valence-electron chi connectivity index (χ2n) is 9.31. The smallest absolute Gasteiger partial charge is 0.206 e. The average molecular weight is 559 g/mol. The highest BCUT2D eigenvalue weighted by atomic mass is 32.2. The third-order valence-electron chi connectivity index (χ3n) is 6.71. The molecule has 3 heterocycles. The van der Waals surface area contributed by atoms with E-state index in [1.807, 2.05) is 30.3 Å². The quantitative estimate of drug-likeness (QED) is 0.297. The fourth-order valence-electron chi connectivity index (χ4n) is 4.57. The second kappa shape index (κ2) is 10.7. The number of anilines is 2. The van der Waals surface area contributed by atoms with Crippen LogP contribution in [0.25, 0.3) is 22.2 Å². The van der Waals surface area contributed by atoms with E-state index in [-0.39, 0.29) is 9.79 Å². The molecule has 1 fully saturated rings. The van der Waals surface area contributed by atoms with Crippen LogP contribution in [0.15, 0.2) is 105 Å². The van der Waals surface area contributed by atoms with Gasteiger partial charge in [-0.3, -0.25) is 9.11 Å². The van der Waals surface area contributed by atoms with Gasteiger partial charge in [0.05, 0.1) is 21.9 Å². The fourth-order valence-corrected chi connectivity index (χ4v) is 6.98. The van der Waals surface area contributed by atoms with Crippen molar-refractivity contribution in [2.75, 3.05) is 29.9 Å². The summed E-state index contributed by atoms with van der Waals surface area (Å²) < 4.78 is 43.6. The van der Waals surface area contributed by atoms with E-state index in [2.05, 4.69) is 20.2 Å². The summed E-state index contributed by atoms with van der Waals surface area (Å²) in [5.74, 6) is 3.64. The van der Waals surface area contributed by atoms with Crippen LogP contribution < -0.4 is 5.32 Å². The first-order valence-electron chi connectivity index (χ1n) is 12.5. The van der Waals surface area contributed by atoms with Crippen LogP contribution in [0, 0.1) is 0 Å². The van der Waals surface area contributed by atoms with E-state index in [9.17, 15) is 12.6 Å². The first kappa shape index (κ1) is 25.4. The first-order valence-corrected chi connectivity index (χ1v) is 15.5. The number of furan rings is 1. The lowest BCUT2D eigenvalue weighted by molar-refractivity contribution is 0.266. The molecule has 0 atom stereocenters. The van der Waals surface area contributed by atoms with Crippen molar-refractivity contribution in [3.63, 3.8) is 0 Å². The van der Waals surface area contributed by atoms with Crippen molar-refractivity contribution in [3.05, 3.63) is 97.0 Å². The van der Waals surface area contributed by atoms with E-state index < -0.39 is 20.6 Å². The Morgan fingerprint density at radius 1 is 0.872 bits per heavy atom. The summed E-state index contributed by atoms with van der Waals surface area (Å²) in [6, 6.07) is 24.8. The minimum absolute atomic E-state index is 0.223. The molecule has 6 rings (SSSR count). The number of aromatic nitrogens is 2. The van der Waals surface area contributed by atoms with Gasteiger partial charge in [-0.1, -0.05) is 18.2 Å². The topological polar surface area (TPSA) is 105 Å². The van der Waals surface area contributed by atoms with E-state index in [0.717, 1.165) is 41.1 Å². The molecule has 3 aromatic carbocycles. The Kier molecular flexibility index (Phi) is 6.99. The van der Waals surface area contributed by atoms with Crippen molar-refractivity contribution in [1.82, 2.24) is 14.9 Å². The van der Waals surface area contributed by atoms with Gasteiger partial charge in [-0.15, -0.1) is 0 Å². The zero-order chi connectivity index (χ0) is 26.8. The Hall–Kier alpha value is -3.86. The molecule has 1 saturated heterocycles. The molecule has 5 aromatic rings. The van der Waals surface area contributed by atoms with Gasteiger partial charge in [-0.25, -0.2) is 18.4 Å². The van der Waals surface area contributed by atoms with Gasteiger partial charge in [0.1, 0.15) is 23.7 Å². The number of nitrogens with one attached hydrogen (secondary N) is 1. The van der Waals surface area contributed by atoms with Gasteiger partial charge in [0.25, 0.3) is 0 Å². The number of hydrogen-bond acceptors (Lipinski definition) is 8. The molecule has 0 spiro atoms. The van der Waals surface area contributed by atoms with Crippen molar-refractivity contribution < 1.29 is 17.0 Å². The third kappa shape index (κ3) is 5.49. The van der Waals surface area contributed by atoms with Crippen molar-refractivity contribution in [2.45, 2.75) is 16.3 Å². The molecular weight excluding hydrogens is 532 g/mol. The number of fused-ring (bicyclic) bond motifs is 1. The average Bonchev–Trinajstić information content (AvgIpc) is 3.43. The van der Waals surface area contributed by atoms with E-state index in [1.54, 1.807) is 54.6 Å². The Balaban J connectivity index is 1.23. The third-order valence-corrected chi connectivity index (χ3v) is 9.77. The lowest BCUT2D eigenvalue weighted by atomic mass is 10.1. The lowest BCUT2D eigenvalue weighted by Gasteiger charge is -2.24. The largest absolute Gasteiger partial charge is 0.460 e. The zero-order valence-electron chi connectivity index (χ0n) is 21.0. The highest BCUT2D eigenvalue weighted by molar-refractivity contribution is 7.91. The van der Waals surface area contributed by atoms with E-state index >= 15 is 0 Å². The zero-order valence-corrected chi connectivity index (χ0v) is 22.6. The van der Waals surface area contributed by atoms with Crippen LogP contribution in [0.3, 0.4) is 0 Å². The Morgan fingerprint density at radius 2 is 1.62 bits per heavy atom. The number of hydrogen-bond donors (Lipinski definition) is 1. The van der Waals surface area contributed by atoms with Crippen molar-refractivity contribution in [2.24, 2.45) is 0 Å². The van der Waals surface area contributed by atoms with Gasteiger partial charge >= 0.3 is 0 Å². The van der Waals surface area contributed by atoms with Crippen LogP contribution in [0.5, 0.6) is 0 Å². The molecule has 10 heteroatoms. The van der Waals surface area contributed by atoms with Crippen molar-refractivity contribution >= 4 is 43.0 Å². The molecule has 0 aliphatic carbocycles. The summed E-state index contributed by atoms with van der Waals surface area (Å²) in [6.45, 7) is 2.31. The molecule has 1 aliphatic heterocycles. The summed E-state index contributed by atoms with van der Waals surface area (Å²) in [7, 11) is -4.29. The van der Waals surface area contributed by atoms with Crippen LogP contribution >= 0.6 is 0 Å². The number of nitrogens with zero attached hydrogens (tertiary/aromatic N) is 3. The maximum absolute atomic E-state index is 12.9. The predicted molar refractivity (Wildman–Crippen MR) is 152 cm³/mol. The molecule has 2 aromatic heterocycles. The molecule has 0 saturated carbocycles. The van der Waals surface area contributed by atoms with Gasteiger partial charge < -0.3 is 9.73 Å². The van der Waals surface area contributed by atoms with Gasteiger partial charge in [-0.2, -0.15) is 0 Å². The minimum Gasteiger partial charge on any atom is -0.460 e. The van der Waals surface area contributed by atoms with E-state index in [0.29, 0.717) is 29.6 Å². The van der Waals surface area contributed by atoms with Crippen LogP contribution in [-0.2, 0) is 27.2 Å². The summed E-state index contributed by atoms with van der Waals surface area (Å²) in [5.41, 5.74) is 2.37. The Morgan fingerprint density at radius 3 is 2.38 bits per heavy atom. The molecule has 1 N–H and O–H groups in total. The molecule has 0 amide bonds. The van der Waals surface area contributed by atoms with Crippen LogP contribution in [0.1, 0.15) is 5.76 Å². The van der Waals surface area contributed by atoms with Crippen LogP contribution in [0.4, 0.5) is 11.5 Å². The molecule has 1 aliphatic rings. The predicted octanol–water partition coefficient (Wildman–Crippen LogP) is 5.03. The molecule has 0 radical (unpaired) electrons. The SMILES string of the molecule is O=S1CCN(Cc2ccc(-c3ccc4ncnc(Nc5ccc(S(=O)(=O)c6ccccc6)cc5)c4c3)o2)CC1. The summed E-state index contributed by atoms with van der Waals surface area (Å²) in [4.78, 5) is 11.6. The van der Waals surface area contributed by atoms with E-state index in [1.165, 1.54) is 6.33 Å². The van der Waals surface area contributed by atoms with Gasteiger partial charge in [0.2, 0.25) is 9.84 Å². The number of sulfone groups is 1. The summed E-state index contributed by atoms with van der Waals surface area (Å²) in [5, 5.41) is 4.11. The fraction of sp³-hybridized carbons (Fsp3) is 0.172. The second-order valence-corrected chi connectivity index (χ2v) is 13.0. The molecule has 0 unspecified atom stereocenters. The molecule has 39 heavy (non-hydrogen) atoms. The minimum atomic E-state index is -3.59. The molecule has 198 valence electrons. The number of benzene rings is 3. The Bertz CT molecular complexity index is 1740. The number of rotatable bonds is 7. The van der Waals surface area contributed by atoms with Crippen LogP contribution in [0.2, 0.25) is 0 Å². The van der Waals surface area contributed by atoms with E-state index in [4.69, 9.17) is 4.42 Å².